The Morgan fingerprint density at radius 3 is 2.84 bits per heavy atom. The predicted molar refractivity (Wildman–Crippen MR) is 78.8 cm³/mol. The minimum atomic E-state index is 0.0143. The lowest BCUT2D eigenvalue weighted by Gasteiger charge is -2.10. The maximum atomic E-state index is 12.0. The third kappa shape index (κ3) is 6.15. The van der Waals surface area contributed by atoms with E-state index in [1.807, 2.05) is 25.5 Å². The highest BCUT2D eigenvalue weighted by Crippen LogP contribution is 2.17. The molecule has 0 aliphatic rings. The molecule has 0 aliphatic carbocycles. The van der Waals surface area contributed by atoms with E-state index in [1.54, 1.807) is 7.11 Å². The van der Waals surface area contributed by atoms with Gasteiger partial charge in [0.1, 0.15) is 0 Å². The number of carbonyl (C=O) groups excluding carboxylic acids is 1. The van der Waals surface area contributed by atoms with Crippen LogP contribution in [0.1, 0.15) is 15.2 Å². The molecule has 2 N–H and O–H groups in total. The number of ether oxygens (including phenoxy) is 1. The Balaban J connectivity index is 2.31. The summed E-state index contributed by atoms with van der Waals surface area (Å²) in [5.41, 5.74) is 1.08. The van der Waals surface area contributed by atoms with Crippen molar-refractivity contribution >= 4 is 17.2 Å². The summed E-state index contributed by atoms with van der Waals surface area (Å²) in [7, 11) is 5.67. The summed E-state index contributed by atoms with van der Waals surface area (Å²) in [4.78, 5) is 14.9. The number of hydrogen-bond donors (Lipinski definition) is 2. The second-order valence-electron chi connectivity index (χ2n) is 4.51. The fourth-order valence-electron chi connectivity index (χ4n) is 1.64. The van der Waals surface area contributed by atoms with E-state index in [0.29, 0.717) is 13.2 Å². The molecule has 0 saturated carbocycles. The second-order valence-corrected chi connectivity index (χ2v) is 5.43. The molecule has 0 radical (unpaired) electrons. The van der Waals surface area contributed by atoms with E-state index in [0.717, 1.165) is 30.1 Å². The Morgan fingerprint density at radius 1 is 1.37 bits per heavy atom. The van der Waals surface area contributed by atoms with Gasteiger partial charge >= 0.3 is 0 Å². The molecule has 0 aliphatic heterocycles. The monoisotopic (exact) mass is 285 g/mol. The van der Waals surface area contributed by atoms with Crippen molar-refractivity contribution in [2.75, 3.05) is 47.4 Å². The molecule has 19 heavy (non-hydrogen) atoms. The molecule has 1 amide bonds. The first-order chi connectivity index (χ1) is 9.15. The highest BCUT2D eigenvalue weighted by Gasteiger charge is 2.12. The third-order valence-corrected chi connectivity index (χ3v) is 3.47. The number of hydrogen-bond acceptors (Lipinski definition) is 5. The van der Waals surface area contributed by atoms with Crippen molar-refractivity contribution < 1.29 is 9.53 Å². The number of amides is 1. The van der Waals surface area contributed by atoms with E-state index in [-0.39, 0.29) is 5.91 Å². The lowest BCUT2D eigenvalue weighted by molar-refractivity contribution is 0.0956. The topological polar surface area (TPSA) is 53.6 Å². The summed E-state index contributed by atoms with van der Waals surface area (Å²) >= 11 is 1.49. The summed E-state index contributed by atoms with van der Waals surface area (Å²) < 4.78 is 4.93. The van der Waals surface area contributed by atoms with Gasteiger partial charge in [-0.1, -0.05) is 0 Å². The normalized spacial score (nSPS) is 10.9. The van der Waals surface area contributed by atoms with Gasteiger partial charge in [0.15, 0.2) is 0 Å². The summed E-state index contributed by atoms with van der Waals surface area (Å²) in [6, 6.07) is 2.01. The lowest BCUT2D eigenvalue weighted by Crippen LogP contribution is -2.33. The predicted octanol–water partition coefficient (Wildman–Crippen LogP) is 0.775. The summed E-state index contributed by atoms with van der Waals surface area (Å²) in [5, 5.41) is 8.08. The molecule has 0 bridgehead atoms. The van der Waals surface area contributed by atoms with Crippen molar-refractivity contribution in [2.24, 2.45) is 0 Å². The van der Waals surface area contributed by atoms with Gasteiger partial charge in [0, 0.05) is 33.3 Å². The molecule has 0 atom stereocenters. The minimum absolute atomic E-state index is 0.0143. The molecule has 1 aromatic rings. The molecule has 0 spiro atoms. The second kappa shape index (κ2) is 9.03. The van der Waals surface area contributed by atoms with Crippen LogP contribution in [-0.4, -0.2) is 58.3 Å². The van der Waals surface area contributed by atoms with Crippen LogP contribution in [-0.2, 0) is 11.3 Å². The van der Waals surface area contributed by atoms with E-state index in [1.165, 1.54) is 11.3 Å². The molecule has 6 heteroatoms. The number of nitrogens with one attached hydrogen (secondary N) is 2. The van der Waals surface area contributed by atoms with Crippen LogP contribution in [0, 0.1) is 0 Å². The Labute approximate surface area is 118 Å². The highest BCUT2D eigenvalue weighted by molar-refractivity contribution is 7.12. The van der Waals surface area contributed by atoms with Crippen LogP contribution in [0.25, 0.3) is 0 Å². The van der Waals surface area contributed by atoms with Crippen LogP contribution in [0.2, 0.25) is 0 Å². The average Bonchev–Trinajstić information content (AvgIpc) is 2.80. The average molecular weight is 285 g/mol. The number of methoxy groups -OCH3 is 1. The van der Waals surface area contributed by atoms with E-state index < -0.39 is 0 Å². The van der Waals surface area contributed by atoms with Crippen LogP contribution >= 0.6 is 11.3 Å². The molecule has 0 unspecified atom stereocenters. The smallest absolute Gasteiger partial charge is 0.261 e. The zero-order chi connectivity index (χ0) is 14.1. The molecule has 0 fully saturated rings. The molecular formula is C13H23N3O2S. The standard InChI is InChI=1S/C13H23N3O2S/c1-16(2)10-11-4-9-19-12(11)13(17)15-6-5-14-7-8-18-3/h4,9,14H,5-8,10H2,1-3H3,(H,15,17). The van der Waals surface area contributed by atoms with Crippen molar-refractivity contribution in [1.29, 1.82) is 0 Å². The van der Waals surface area contributed by atoms with Crippen LogP contribution in [0.15, 0.2) is 11.4 Å². The molecule has 1 rings (SSSR count). The molecule has 0 aromatic carbocycles. The Hall–Kier alpha value is -0.950. The number of nitrogens with zero attached hydrogens (tertiary/aromatic N) is 1. The van der Waals surface area contributed by atoms with Gasteiger partial charge in [0.25, 0.3) is 5.91 Å². The van der Waals surface area contributed by atoms with Crippen molar-refractivity contribution in [1.82, 2.24) is 15.5 Å². The molecule has 108 valence electrons. The van der Waals surface area contributed by atoms with Gasteiger partial charge in [-0.2, -0.15) is 0 Å². The van der Waals surface area contributed by atoms with Gasteiger partial charge in [-0.15, -0.1) is 11.3 Å². The largest absolute Gasteiger partial charge is 0.383 e. The minimum Gasteiger partial charge on any atom is -0.383 e. The molecule has 0 saturated heterocycles. The van der Waals surface area contributed by atoms with Crippen LogP contribution < -0.4 is 10.6 Å². The Kier molecular flexibility index (Phi) is 7.66. The van der Waals surface area contributed by atoms with Crippen LogP contribution in [0.4, 0.5) is 0 Å². The van der Waals surface area contributed by atoms with E-state index >= 15 is 0 Å². The Bertz CT molecular complexity index is 380. The van der Waals surface area contributed by atoms with E-state index in [9.17, 15) is 4.79 Å². The van der Waals surface area contributed by atoms with Crippen molar-refractivity contribution in [3.8, 4) is 0 Å². The van der Waals surface area contributed by atoms with Gasteiger partial charge < -0.3 is 20.3 Å². The zero-order valence-corrected chi connectivity index (χ0v) is 12.7. The van der Waals surface area contributed by atoms with Gasteiger partial charge in [0.05, 0.1) is 11.5 Å². The molecular weight excluding hydrogens is 262 g/mol. The zero-order valence-electron chi connectivity index (χ0n) is 11.9. The van der Waals surface area contributed by atoms with Crippen molar-refractivity contribution in [3.05, 3.63) is 21.9 Å². The fraction of sp³-hybridized carbons (Fsp3) is 0.615. The van der Waals surface area contributed by atoms with Gasteiger partial charge in [-0.05, 0) is 31.1 Å². The fourth-order valence-corrected chi connectivity index (χ4v) is 2.48. The number of thiophene rings is 1. The quantitative estimate of drug-likeness (QED) is 0.658. The van der Waals surface area contributed by atoms with Crippen molar-refractivity contribution in [3.63, 3.8) is 0 Å². The Morgan fingerprint density at radius 2 is 2.16 bits per heavy atom. The maximum Gasteiger partial charge on any atom is 0.261 e. The maximum absolute atomic E-state index is 12.0. The van der Waals surface area contributed by atoms with Gasteiger partial charge in [0.2, 0.25) is 0 Å². The number of carbonyl (C=O) groups is 1. The lowest BCUT2D eigenvalue weighted by atomic mass is 10.2. The highest BCUT2D eigenvalue weighted by atomic mass is 32.1. The first-order valence-corrected chi connectivity index (χ1v) is 7.22. The van der Waals surface area contributed by atoms with E-state index in [2.05, 4.69) is 15.5 Å². The van der Waals surface area contributed by atoms with E-state index in [4.69, 9.17) is 4.74 Å². The van der Waals surface area contributed by atoms with Crippen LogP contribution in [0.3, 0.4) is 0 Å². The van der Waals surface area contributed by atoms with Gasteiger partial charge in [-0.3, -0.25) is 4.79 Å². The SMILES string of the molecule is COCCNCCNC(=O)c1sccc1CN(C)C. The summed E-state index contributed by atoms with van der Waals surface area (Å²) in [5.74, 6) is 0.0143. The summed E-state index contributed by atoms with van der Waals surface area (Å²) in [6.07, 6.45) is 0. The first-order valence-electron chi connectivity index (χ1n) is 6.34. The van der Waals surface area contributed by atoms with Crippen LogP contribution in [0.5, 0.6) is 0 Å². The first kappa shape index (κ1) is 16.1. The van der Waals surface area contributed by atoms with Gasteiger partial charge in [-0.25, -0.2) is 0 Å². The summed E-state index contributed by atoms with van der Waals surface area (Å²) in [6.45, 7) is 3.66. The molecule has 1 aromatic heterocycles. The third-order valence-electron chi connectivity index (χ3n) is 2.51. The molecule has 5 nitrogen and oxygen atoms in total. The molecule has 1 heterocycles. The number of rotatable bonds is 9. The van der Waals surface area contributed by atoms with Crippen molar-refractivity contribution in [2.45, 2.75) is 6.54 Å².